The molecule has 0 radical (unpaired) electrons. The van der Waals surface area contributed by atoms with Crippen LogP contribution >= 0.6 is 0 Å². The minimum atomic E-state index is -5.08. The Labute approximate surface area is 177 Å². The third kappa shape index (κ3) is 5.27. The molecule has 1 aromatic rings. The van der Waals surface area contributed by atoms with E-state index in [1.54, 1.807) is 0 Å². The monoisotopic (exact) mass is 445 g/mol. The molecule has 2 fully saturated rings. The van der Waals surface area contributed by atoms with Crippen LogP contribution in [0.3, 0.4) is 0 Å². The summed E-state index contributed by atoms with van der Waals surface area (Å²) in [5.74, 6) is -3.72. The van der Waals surface area contributed by atoms with Crippen LogP contribution in [0.15, 0.2) is 30.3 Å². The lowest BCUT2D eigenvalue weighted by Crippen LogP contribution is -2.56. The second-order valence-corrected chi connectivity index (χ2v) is 7.96. The van der Waals surface area contributed by atoms with E-state index in [1.807, 2.05) is 6.07 Å². The van der Waals surface area contributed by atoms with E-state index in [2.05, 4.69) is 48.6 Å². The number of rotatable bonds is 4. The first-order valence-corrected chi connectivity index (χ1v) is 9.64. The number of aliphatic carboxylic acids is 2. The topological polar surface area (TPSA) is 110 Å². The zero-order valence-corrected chi connectivity index (χ0v) is 17.3. The van der Waals surface area contributed by atoms with E-state index < -0.39 is 18.1 Å². The van der Waals surface area contributed by atoms with Gasteiger partial charge in [-0.15, -0.1) is 0 Å². The molecular weight excluding hydrogens is 419 g/mol. The van der Waals surface area contributed by atoms with Crippen LogP contribution in [0, 0.1) is 0 Å². The van der Waals surface area contributed by atoms with Crippen molar-refractivity contribution in [1.82, 2.24) is 15.1 Å². The molecule has 172 valence electrons. The first-order chi connectivity index (χ1) is 14.3. The summed E-state index contributed by atoms with van der Waals surface area (Å²) in [4.78, 5) is 35.9. The highest BCUT2D eigenvalue weighted by Crippen LogP contribution is 2.47. The third-order valence-corrected chi connectivity index (χ3v) is 6.10. The fourth-order valence-corrected chi connectivity index (χ4v) is 4.34. The number of hydrogen-bond donors (Lipinski definition) is 3. The standard InChI is InChI=1S/C18H25N3O3.C2HF3O2/c1-20(2)18(14-6-4-3-5-7-14)10-8-17(9-11-18)13-19-16(24)21(17)12-15(22)23;3-2(4,5)1(6)7/h3-7H,8-13H2,1-2H3,(H,19,24)(H,22,23);(H,6,7). The number of nitrogens with zero attached hydrogens (tertiary/aromatic N) is 2. The lowest BCUT2D eigenvalue weighted by Gasteiger charge is -2.50. The maximum atomic E-state index is 12.1. The molecular formula is C20H26F3N3O5. The van der Waals surface area contributed by atoms with E-state index >= 15 is 0 Å². The van der Waals surface area contributed by atoms with E-state index in [4.69, 9.17) is 15.0 Å². The fraction of sp³-hybridized carbons (Fsp3) is 0.550. The summed E-state index contributed by atoms with van der Waals surface area (Å²) in [6.45, 7) is 0.309. The number of benzene rings is 1. The van der Waals surface area contributed by atoms with Gasteiger partial charge >= 0.3 is 24.1 Å². The van der Waals surface area contributed by atoms with E-state index in [1.165, 1.54) is 10.5 Å². The number of hydrogen-bond acceptors (Lipinski definition) is 4. The number of amides is 2. The van der Waals surface area contributed by atoms with E-state index in [0.717, 1.165) is 25.7 Å². The van der Waals surface area contributed by atoms with Crippen LogP contribution in [-0.4, -0.2) is 76.9 Å². The number of carboxylic acid groups (broad SMARTS) is 2. The van der Waals surface area contributed by atoms with Crippen molar-refractivity contribution < 1.29 is 37.8 Å². The van der Waals surface area contributed by atoms with Crippen LogP contribution < -0.4 is 5.32 Å². The summed E-state index contributed by atoms with van der Waals surface area (Å²) in [6, 6.07) is 10.2. The molecule has 11 heteroatoms. The number of urea groups is 1. The van der Waals surface area contributed by atoms with Crippen molar-refractivity contribution >= 4 is 18.0 Å². The Morgan fingerprint density at radius 2 is 1.61 bits per heavy atom. The quantitative estimate of drug-likeness (QED) is 0.657. The number of nitrogens with one attached hydrogen (secondary N) is 1. The predicted molar refractivity (Wildman–Crippen MR) is 104 cm³/mol. The average Bonchev–Trinajstić information content (AvgIpc) is 2.98. The lowest BCUT2D eigenvalue weighted by molar-refractivity contribution is -0.192. The number of carbonyl (C=O) groups is 3. The zero-order chi connectivity index (χ0) is 23.4. The molecule has 1 aromatic carbocycles. The van der Waals surface area contributed by atoms with Gasteiger partial charge in [0.05, 0.1) is 5.54 Å². The zero-order valence-electron chi connectivity index (χ0n) is 17.3. The first kappa shape index (κ1) is 24.4. The largest absolute Gasteiger partial charge is 0.490 e. The summed E-state index contributed by atoms with van der Waals surface area (Å²) >= 11 is 0. The average molecular weight is 445 g/mol. The molecule has 1 heterocycles. The van der Waals surface area contributed by atoms with Crippen LogP contribution in [0.5, 0.6) is 0 Å². The molecule has 1 saturated heterocycles. The fourth-order valence-electron chi connectivity index (χ4n) is 4.34. The minimum absolute atomic E-state index is 0.0625. The SMILES string of the molecule is CN(C)C1(c2ccccc2)CCC2(CC1)CNC(=O)N2CC(=O)O.O=C(O)C(F)(F)F. The van der Waals surface area contributed by atoms with Gasteiger partial charge in [0.2, 0.25) is 0 Å². The van der Waals surface area contributed by atoms with E-state index in [0.29, 0.717) is 6.54 Å². The number of carboxylic acids is 2. The Hall–Kier alpha value is -2.82. The Morgan fingerprint density at radius 3 is 2.03 bits per heavy atom. The maximum absolute atomic E-state index is 12.1. The van der Waals surface area contributed by atoms with Gasteiger partial charge in [0.1, 0.15) is 6.54 Å². The van der Waals surface area contributed by atoms with Crippen LogP contribution in [0.25, 0.3) is 0 Å². The molecule has 31 heavy (non-hydrogen) atoms. The van der Waals surface area contributed by atoms with E-state index in [-0.39, 0.29) is 23.7 Å². The molecule has 1 saturated carbocycles. The molecule has 2 amide bonds. The maximum Gasteiger partial charge on any atom is 0.490 e. The number of alkyl halides is 3. The normalized spacial score (nSPS) is 25.7. The number of carbonyl (C=O) groups excluding carboxylic acids is 1. The Bertz CT molecular complexity index is 806. The molecule has 3 N–H and O–H groups in total. The van der Waals surface area contributed by atoms with Crippen molar-refractivity contribution in [3.05, 3.63) is 35.9 Å². The van der Waals surface area contributed by atoms with Crippen molar-refractivity contribution in [3.63, 3.8) is 0 Å². The minimum Gasteiger partial charge on any atom is -0.480 e. The van der Waals surface area contributed by atoms with Crippen LogP contribution in [0.2, 0.25) is 0 Å². The first-order valence-electron chi connectivity index (χ1n) is 9.64. The smallest absolute Gasteiger partial charge is 0.480 e. The second kappa shape index (κ2) is 9.13. The van der Waals surface area contributed by atoms with Gasteiger partial charge < -0.3 is 20.4 Å². The molecule has 1 aliphatic heterocycles. The van der Waals surface area contributed by atoms with Crippen molar-refractivity contribution in [1.29, 1.82) is 0 Å². The van der Waals surface area contributed by atoms with Gasteiger partial charge in [-0.3, -0.25) is 9.69 Å². The molecule has 8 nitrogen and oxygen atoms in total. The summed E-state index contributed by atoms with van der Waals surface area (Å²) in [6.07, 6.45) is -1.69. The molecule has 1 spiro atoms. The summed E-state index contributed by atoms with van der Waals surface area (Å²) < 4.78 is 31.7. The number of halogens is 3. The molecule has 1 aliphatic carbocycles. The predicted octanol–water partition coefficient (Wildman–Crippen LogP) is 2.50. The summed E-state index contributed by atoms with van der Waals surface area (Å²) in [5, 5.41) is 19.1. The highest BCUT2D eigenvalue weighted by molar-refractivity contribution is 5.83. The van der Waals surface area contributed by atoms with Crippen molar-refractivity contribution in [3.8, 4) is 0 Å². The van der Waals surface area contributed by atoms with Crippen LogP contribution in [0.1, 0.15) is 31.2 Å². The van der Waals surface area contributed by atoms with Gasteiger partial charge in [0.25, 0.3) is 0 Å². The molecule has 0 aromatic heterocycles. The van der Waals surface area contributed by atoms with Gasteiger partial charge in [-0.1, -0.05) is 30.3 Å². The highest BCUT2D eigenvalue weighted by atomic mass is 19.4. The van der Waals surface area contributed by atoms with Gasteiger partial charge in [-0.25, -0.2) is 9.59 Å². The molecule has 3 rings (SSSR count). The van der Waals surface area contributed by atoms with E-state index in [9.17, 15) is 22.8 Å². The Morgan fingerprint density at radius 1 is 1.10 bits per heavy atom. The molecule has 0 unspecified atom stereocenters. The van der Waals surface area contributed by atoms with Crippen molar-refractivity contribution in [2.45, 2.75) is 42.9 Å². The summed E-state index contributed by atoms with van der Waals surface area (Å²) in [5.41, 5.74) is 0.850. The molecule has 2 aliphatic rings. The van der Waals surface area contributed by atoms with Crippen molar-refractivity contribution in [2.24, 2.45) is 0 Å². The van der Waals surface area contributed by atoms with Crippen LogP contribution in [0.4, 0.5) is 18.0 Å². The third-order valence-electron chi connectivity index (χ3n) is 6.10. The Kier molecular flexibility index (Phi) is 7.20. The van der Waals surface area contributed by atoms with Gasteiger partial charge in [0, 0.05) is 12.1 Å². The Balaban J connectivity index is 0.000000423. The van der Waals surface area contributed by atoms with Crippen molar-refractivity contribution in [2.75, 3.05) is 27.2 Å². The van der Waals surface area contributed by atoms with Crippen LogP contribution in [-0.2, 0) is 15.1 Å². The van der Waals surface area contributed by atoms with Gasteiger partial charge in [0.15, 0.2) is 0 Å². The van der Waals surface area contributed by atoms with Gasteiger partial charge in [-0.2, -0.15) is 13.2 Å². The highest BCUT2D eigenvalue weighted by Gasteiger charge is 2.52. The molecule has 0 bridgehead atoms. The lowest BCUT2D eigenvalue weighted by atomic mass is 9.68. The van der Waals surface area contributed by atoms with Gasteiger partial charge in [-0.05, 0) is 45.3 Å². The summed E-state index contributed by atoms with van der Waals surface area (Å²) in [7, 11) is 4.19. The molecule has 0 atom stereocenters. The second-order valence-electron chi connectivity index (χ2n) is 7.96.